The molecule has 1 rings (SSSR count). The molecule has 0 spiro atoms. The van der Waals surface area contributed by atoms with E-state index in [2.05, 4.69) is 0 Å². The average molecular weight is 302 g/mol. The van der Waals surface area contributed by atoms with E-state index < -0.39 is 10.0 Å². The third-order valence-corrected chi connectivity index (χ3v) is 5.83. The van der Waals surface area contributed by atoms with Gasteiger partial charge in [-0.25, -0.2) is 8.42 Å². The first-order valence-electron chi connectivity index (χ1n) is 6.83. The first-order valence-corrected chi connectivity index (χ1v) is 8.27. The highest BCUT2D eigenvalue weighted by atomic mass is 32.2. The Morgan fingerprint density at radius 3 is 2.30 bits per heavy atom. The summed E-state index contributed by atoms with van der Waals surface area (Å²) in [5.41, 5.74) is 0.470. The van der Waals surface area contributed by atoms with Crippen molar-refractivity contribution in [1.82, 2.24) is 8.87 Å². The molecule has 116 valence electrons. The molecule has 20 heavy (non-hydrogen) atoms. The predicted octanol–water partition coefficient (Wildman–Crippen LogP) is 2.06. The normalized spacial score (nSPS) is 14.8. The second kappa shape index (κ2) is 5.87. The van der Waals surface area contributed by atoms with Crippen molar-refractivity contribution in [3.63, 3.8) is 0 Å². The van der Waals surface area contributed by atoms with Crippen LogP contribution in [0.5, 0.6) is 0 Å². The van der Waals surface area contributed by atoms with E-state index in [-0.39, 0.29) is 23.0 Å². The first-order chi connectivity index (χ1) is 9.05. The van der Waals surface area contributed by atoms with Crippen LogP contribution in [0, 0.1) is 5.41 Å². The maximum Gasteiger partial charge on any atom is 0.244 e. The number of aryl methyl sites for hydroxylation is 1. The molecule has 5 nitrogen and oxygen atoms in total. The quantitative estimate of drug-likeness (QED) is 0.905. The van der Waals surface area contributed by atoms with Crippen LogP contribution in [0.15, 0.2) is 17.2 Å². The maximum absolute atomic E-state index is 12.6. The van der Waals surface area contributed by atoms with E-state index in [1.54, 1.807) is 23.9 Å². The smallest absolute Gasteiger partial charge is 0.244 e. The highest BCUT2D eigenvalue weighted by molar-refractivity contribution is 7.89. The molecule has 0 aliphatic rings. The van der Waals surface area contributed by atoms with Gasteiger partial charge in [-0.05, 0) is 25.3 Å². The fourth-order valence-electron chi connectivity index (χ4n) is 2.01. The summed E-state index contributed by atoms with van der Waals surface area (Å²) < 4.78 is 28.5. The van der Waals surface area contributed by atoms with Gasteiger partial charge in [-0.2, -0.15) is 4.31 Å². The second-order valence-electron chi connectivity index (χ2n) is 6.17. The SMILES string of the molecule is CCn1cc(S(=O)(=O)N(C)C(C)C(C)(C)C)cc1CO. The lowest BCUT2D eigenvalue weighted by Crippen LogP contribution is -2.42. The van der Waals surface area contributed by atoms with E-state index >= 15 is 0 Å². The molecule has 1 unspecified atom stereocenters. The van der Waals surface area contributed by atoms with Crippen LogP contribution in [0.25, 0.3) is 0 Å². The highest BCUT2D eigenvalue weighted by Crippen LogP contribution is 2.28. The Hall–Kier alpha value is -0.850. The van der Waals surface area contributed by atoms with Crippen molar-refractivity contribution in [2.24, 2.45) is 5.41 Å². The van der Waals surface area contributed by atoms with Crippen LogP contribution >= 0.6 is 0 Å². The molecule has 1 heterocycles. The van der Waals surface area contributed by atoms with Gasteiger partial charge in [-0.3, -0.25) is 0 Å². The zero-order valence-electron chi connectivity index (χ0n) is 13.2. The van der Waals surface area contributed by atoms with E-state index in [1.165, 1.54) is 4.31 Å². The van der Waals surface area contributed by atoms with E-state index in [9.17, 15) is 13.5 Å². The van der Waals surface area contributed by atoms with Crippen LogP contribution in [-0.4, -0.2) is 35.5 Å². The summed E-state index contributed by atoms with van der Waals surface area (Å²) in [5.74, 6) is 0. The third-order valence-electron chi connectivity index (χ3n) is 3.94. The number of nitrogens with zero attached hydrogens (tertiary/aromatic N) is 2. The average Bonchev–Trinajstić information content (AvgIpc) is 2.79. The Kier molecular flexibility index (Phi) is 5.05. The molecule has 0 radical (unpaired) electrons. The summed E-state index contributed by atoms with van der Waals surface area (Å²) in [7, 11) is -1.94. The van der Waals surface area contributed by atoms with Crippen LogP contribution < -0.4 is 0 Å². The van der Waals surface area contributed by atoms with E-state index in [0.717, 1.165) is 0 Å². The minimum Gasteiger partial charge on any atom is -0.390 e. The summed E-state index contributed by atoms with van der Waals surface area (Å²) in [6.45, 7) is 10.3. The van der Waals surface area contributed by atoms with E-state index in [0.29, 0.717) is 12.2 Å². The number of sulfonamides is 1. The Morgan fingerprint density at radius 1 is 1.40 bits per heavy atom. The predicted molar refractivity (Wildman–Crippen MR) is 79.9 cm³/mol. The molecule has 0 aliphatic carbocycles. The fourth-order valence-corrected chi connectivity index (χ4v) is 3.62. The molecule has 0 aromatic carbocycles. The van der Waals surface area contributed by atoms with Crippen molar-refractivity contribution in [3.05, 3.63) is 18.0 Å². The molecule has 1 N–H and O–H groups in total. The van der Waals surface area contributed by atoms with Gasteiger partial charge < -0.3 is 9.67 Å². The number of aromatic nitrogens is 1. The molecule has 6 heteroatoms. The second-order valence-corrected chi connectivity index (χ2v) is 8.17. The van der Waals surface area contributed by atoms with Gasteiger partial charge in [0.25, 0.3) is 0 Å². The zero-order chi connectivity index (χ0) is 15.7. The first kappa shape index (κ1) is 17.2. The lowest BCUT2D eigenvalue weighted by Gasteiger charge is -2.34. The Bertz CT molecular complexity index is 534. The van der Waals surface area contributed by atoms with Crippen molar-refractivity contribution in [1.29, 1.82) is 0 Å². The monoisotopic (exact) mass is 302 g/mol. The van der Waals surface area contributed by atoms with E-state index in [1.807, 2.05) is 34.6 Å². The van der Waals surface area contributed by atoms with E-state index in [4.69, 9.17) is 0 Å². The summed E-state index contributed by atoms with van der Waals surface area (Å²) in [6, 6.07) is 1.42. The van der Waals surface area contributed by atoms with Crippen LogP contribution in [0.2, 0.25) is 0 Å². The number of aliphatic hydroxyl groups is 1. The Balaban J connectivity index is 3.20. The molecule has 1 aromatic rings. The summed E-state index contributed by atoms with van der Waals surface area (Å²) in [6.07, 6.45) is 1.59. The van der Waals surface area contributed by atoms with Gasteiger partial charge in [0.2, 0.25) is 10.0 Å². The molecule has 0 saturated heterocycles. The lowest BCUT2D eigenvalue weighted by molar-refractivity contribution is 0.216. The van der Waals surface area contributed by atoms with Crippen molar-refractivity contribution >= 4 is 10.0 Å². The minimum absolute atomic E-state index is 0.130. The number of hydrogen-bond donors (Lipinski definition) is 1. The van der Waals surface area contributed by atoms with Crippen LogP contribution in [0.1, 0.15) is 40.3 Å². The zero-order valence-corrected chi connectivity index (χ0v) is 14.0. The Morgan fingerprint density at radius 2 is 1.95 bits per heavy atom. The lowest BCUT2D eigenvalue weighted by atomic mass is 9.88. The van der Waals surface area contributed by atoms with Gasteiger partial charge in [0, 0.05) is 31.5 Å². The number of aliphatic hydroxyl groups excluding tert-OH is 1. The largest absolute Gasteiger partial charge is 0.390 e. The molecule has 1 atom stereocenters. The summed E-state index contributed by atoms with van der Waals surface area (Å²) in [5, 5.41) is 9.28. The van der Waals surface area contributed by atoms with Gasteiger partial charge in [-0.15, -0.1) is 0 Å². The summed E-state index contributed by atoms with van der Waals surface area (Å²) in [4.78, 5) is 0.238. The summed E-state index contributed by atoms with van der Waals surface area (Å²) >= 11 is 0. The fraction of sp³-hybridized carbons (Fsp3) is 0.714. The standard InChI is InChI=1S/C14H26N2O3S/c1-7-16-9-13(8-12(16)10-17)20(18,19)15(6)11(2)14(3,4)5/h8-9,11,17H,7,10H2,1-6H3. The number of rotatable bonds is 5. The van der Waals surface area contributed by atoms with Gasteiger partial charge in [-0.1, -0.05) is 20.8 Å². The van der Waals surface area contributed by atoms with Gasteiger partial charge in [0.05, 0.1) is 6.61 Å². The molecule has 0 saturated carbocycles. The Labute approximate surface area is 122 Å². The van der Waals surface area contributed by atoms with Crippen LogP contribution in [0.3, 0.4) is 0 Å². The molecule has 1 aromatic heterocycles. The van der Waals surface area contributed by atoms with Crippen molar-refractivity contribution < 1.29 is 13.5 Å². The third kappa shape index (κ3) is 3.24. The molecule has 0 bridgehead atoms. The topological polar surface area (TPSA) is 62.5 Å². The van der Waals surface area contributed by atoms with Crippen molar-refractivity contribution in [2.45, 2.75) is 58.7 Å². The van der Waals surface area contributed by atoms with Gasteiger partial charge in [0.1, 0.15) is 4.90 Å². The van der Waals surface area contributed by atoms with Crippen molar-refractivity contribution in [3.8, 4) is 0 Å². The van der Waals surface area contributed by atoms with Gasteiger partial charge in [0.15, 0.2) is 0 Å². The minimum atomic E-state index is -3.54. The van der Waals surface area contributed by atoms with Gasteiger partial charge >= 0.3 is 0 Å². The van der Waals surface area contributed by atoms with Crippen LogP contribution in [0.4, 0.5) is 0 Å². The molecule has 0 fully saturated rings. The molecule has 0 amide bonds. The molecular weight excluding hydrogens is 276 g/mol. The van der Waals surface area contributed by atoms with Crippen molar-refractivity contribution in [2.75, 3.05) is 7.05 Å². The molecule has 0 aliphatic heterocycles. The number of hydrogen-bond acceptors (Lipinski definition) is 3. The highest BCUT2D eigenvalue weighted by Gasteiger charge is 2.33. The maximum atomic E-state index is 12.6. The van der Waals surface area contributed by atoms with Crippen LogP contribution in [-0.2, 0) is 23.2 Å². The molecular formula is C14H26N2O3S.